The first kappa shape index (κ1) is 26.7. The zero-order valence-electron chi connectivity index (χ0n) is 27.0. The molecule has 0 bridgehead atoms. The normalized spacial score (nSPS) is 16.3. The van der Waals surface area contributed by atoms with Gasteiger partial charge in [0.1, 0.15) is 0 Å². The lowest BCUT2D eigenvalue weighted by atomic mass is 9.32. The summed E-state index contributed by atoms with van der Waals surface area (Å²) in [5.74, 6) is 0. The second-order valence-electron chi connectivity index (χ2n) is 14.5. The van der Waals surface area contributed by atoms with Gasteiger partial charge in [0.05, 0.1) is 23.0 Å². The largest absolute Gasteiger partial charge is 0.311 e. The molecule has 4 aliphatic heterocycles. The first-order valence-corrected chi connectivity index (χ1v) is 16.6. The Hall–Kier alpha value is -5.53. The Morgan fingerprint density at radius 2 is 0.979 bits per heavy atom. The summed E-state index contributed by atoms with van der Waals surface area (Å²) in [5.41, 5.74) is 19.7. The van der Waals surface area contributed by atoms with Gasteiger partial charge in [-0.05, 0) is 86.2 Å². The second kappa shape index (κ2) is 8.84. The highest BCUT2D eigenvalue weighted by atomic mass is 15.2. The number of rotatable bonds is 1. The van der Waals surface area contributed by atoms with Crippen LogP contribution < -0.4 is 26.2 Å². The third kappa shape index (κ3) is 3.22. The van der Waals surface area contributed by atoms with Gasteiger partial charge in [-0.15, -0.1) is 0 Å². The lowest BCUT2D eigenvalue weighted by molar-refractivity contribution is 0.632. The van der Waals surface area contributed by atoms with Crippen LogP contribution in [0.4, 0.5) is 34.1 Å². The van der Waals surface area contributed by atoms with E-state index in [0.717, 1.165) is 11.1 Å². The van der Waals surface area contributed by atoms with E-state index in [1.807, 2.05) is 12.1 Å². The maximum atomic E-state index is 9.57. The maximum Gasteiger partial charge on any atom is 0.252 e. The Morgan fingerprint density at radius 1 is 0.511 bits per heavy atom. The molecular weight excluding hydrogens is 569 g/mol. The van der Waals surface area contributed by atoms with Crippen molar-refractivity contribution in [3.05, 3.63) is 149 Å². The first-order valence-electron chi connectivity index (χ1n) is 16.6. The summed E-state index contributed by atoms with van der Waals surface area (Å²) < 4.78 is 0. The molecule has 0 fully saturated rings. The van der Waals surface area contributed by atoms with Crippen LogP contribution in [0.5, 0.6) is 0 Å². The average molecular weight is 602 g/mol. The molecule has 0 atom stereocenters. The highest BCUT2D eigenvalue weighted by Crippen LogP contribution is 2.57. The van der Waals surface area contributed by atoms with Crippen LogP contribution >= 0.6 is 0 Å². The summed E-state index contributed by atoms with van der Waals surface area (Å²) in [6.45, 7) is 9.59. The number of hydrogen-bond acceptors (Lipinski definition) is 3. The van der Waals surface area contributed by atoms with E-state index in [-0.39, 0.29) is 17.5 Å². The van der Waals surface area contributed by atoms with Crippen molar-refractivity contribution >= 4 is 57.2 Å². The Balaban J connectivity index is 1.38. The second-order valence-corrected chi connectivity index (χ2v) is 14.5. The molecule has 0 aromatic heterocycles. The molecule has 0 spiro atoms. The number of hydrogen-bond donors (Lipinski definition) is 0. The quantitative estimate of drug-likeness (QED) is 0.177. The molecule has 0 saturated carbocycles. The van der Waals surface area contributed by atoms with Crippen LogP contribution in [0.25, 0.3) is 11.1 Å². The van der Waals surface area contributed by atoms with E-state index in [1.54, 1.807) is 0 Å². The molecule has 4 heterocycles. The van der Waals surface area contributed by atoms with Gasteiger partial charge >= 0.3 is 0 Å². The molecule has 222 valence electrons. The molecule has 0 saturated heterocycles. The van der Waals surface area contributed by atoms with Gasteiger partial charge in [-0.3, -0.25) is 0 Å². The van der Waals surface area contributed by atoms with E-state index in [4.69, 9.17) is 0 Å². The number of nitrogens with zero attached hydrogens (tertiary/aromatic N) is 3. The third-order valence-corrected chi connectivity index (χ3v) is 11.4. The van der Waals surface area contributed by atoms with E-state index in [9.17, 15) is 5.26 Å². The van der Waals surface area contributed by atoms with Gasteiger partial charge in [0.2, 0.25) is 0 Å². The lowest BCUT2D eigenvalue weighted by Gasteiger charge is -2.52. The van der Waals surface area contributed by atoms with Gasteiger partial charge < -0.3 is 9.80 Å². The van der Waals surface area contributed by atoms with Crippen molar-refractivity contribution in [2.24, 2.45) is 0 Å². The molecule has 10 rings (SSSR count). The number of anilines is 6. The van der Waals surface area contributed by atoms with Gasteiger partial charge in [-0.2, -0.15) is 5.26 Å². The fourth-order valence-corrected chi connectivity index (χ4v) is 9.19. The summed E-state index contributed by atoms with van der Waals surface area (Å²) in [6, 6.07) is 47.0. The van der Waals surface area contributed by atoms with E-state index in [2.05, 4.69) is 153 Å². The minimum absolute atomic E-state index is 0.0922. The molecule has 4 heteroatoms. The SMILES string of the molecule is CC1(C)c2ccccc2N2c3cc(-c4ccc(C#N)cc4)cc4c3B(c3cccc1c32)c1cccc2c1N4c1ccccc1C2(C)C. The minimum Gasteiger partial charge on any atom is -0.311 e. The standard InChI is InChI=1S/C43H32BN3/c1-42(2)29-11-5-7-17-35(29)46-37-23-28(27-21-19-26(25-45)20-22-27)24-38-39(37)44(33-15-9-13-31(42)40(33)46)34-16-10-14-32-41(34)47(38)36-18-8-6-12-30(36)43(32,3)4/h5-24H,1-4H3. The number of nitriles is 1. The predicted octanol–water partition coefficient (Wildman–Crippen LogP) is 8.59. The van der Waals surface area contributed by atoms with Crippen LogP contribution in [0, 0.1) is 11.3 Å². The Labute approximate surface area is 276 Å². The molecule has 0 aliphatic carbocycles. The summed E-state index contributed by atoms with van der Waals surface area (Å²) >= 11 is 0. The van der Waals surface area contributed by atoms with Crippen molar-refractivity contribution in [2.45, 2.75) is 38.5 Å². The molecule has 0 amide bonds. The molecule has 0 N–H and O–H groups in total. The smallest absolute Gasteiger partial charge is 0.252 e. The van der Waals surface area contributed by atoms with Crippen molar-refractivity contribution < 1.29 is 0 Å². The van der Waals surface area contributed by atoms with Gasteiger partial charge in [0, 0.05) is 33.6 Å². The first-order chi connectivity index (χ1) is 22.8. The molecule has 47 heavy (non-hydrogen) atoms. The molecule has 6 aromatic rings. The van der Waals surface area contributed by atoms with Gasteiger partial charge in [0.25, 0.3) is 6.71 Å². The molecular formula is C43H32BN3. The van der Waals surface area contributed by atoms with E-state index in [0.29, 0.717) is 5.56 Å². The number of para-hydroxylation sites is 4. The topological polar surface area (TPSA) is 30.3 Å². The van der Waals surface area contributed by atoms with Crippen LogP contribution in [0.15, 0.2) is 121 Å². The number of fused-ring (bicyclic) bond motifs is 8. The van der Waals surface area contributed by atoms with E-state index < -0.39 is 0 Å². The summed E-state index contributed by atoms with van der Waals surface area (Å²) in [4.78, 5) is 5.12. The van der Waals surface area contributed by atoms with E-state index in [1.165, 1.54) is 72.8 Å². The Morgan fingerprint density at radius 3 is 1.47 bits per heavy atom. The predicted molar refractivity (Wildman–Crippen MR) is 195 cm³/mol. The van der Waals surface area contributed by atoms with Crippen LogP contribution in [0.1, 0.15) is 55.5 Å². The van der Waals surface area contributed by atoms with Gasteiger partial charge in [-0.1, -0.05) is 113 Å². The summed E-state index contributed by atoms with van der Waals surface area (Å²) in [7, 11) is 0. The van der Waals surface area contributed by atoms with Crippen molar-refractivity contribution in [1.82, 2.24) is 0 Å². The molecule has 4 aliphatic rings. The summed E-state index contributed by atoms with van der Waals surface area (Å²) in [6.07, 6.45) is 0. The number of benzene rings is 6. The Kier molecular flexibility index (Phi) is 5.02. The Bertz CT molecular complexity index is 2260. The van der Waals surface area contributed by atoms with Crippen LogP contribution in [0.2, 0.25) is 0 Å². The van der Waals surface area contributed by atoms with Crippen molar-refractivity contribution in [3.8, 4) is 17.2 Å². The van der Waals surface area contributed by atoms with Crippen LogP contribution in [-0.4, -0.2) is 6.71 Å². The van der Waals surface area contributed by atoms with Crippen molar-refractivity contribution in [2.75, 3.05) is 9.80 Å². The van der Waals surface area contributed by atoms with Crippen molar-refractivity contribution in [1.29, 1.82) is 5.26 Å². The fraction of sp³-hybridized carbons (Fsp3) is 0.140. The average Bonchev–Trinajstić information content (AvgIpc) is 3.10. The van der Waals surface area contributed by atoms with Crippen LogP contribution in [-0.2, 0) is 10.8 Å². The van der Waals surface area contributed by atoms with Gasteiger partial charge in [-0.25, -0.2) is 0 Å². The molecule has 0 unspecified atom stereocenters. The summed E-state index contributed by atoms with van der Waals surface area (Å²) in [5, 5.41) is 9.57. The van der Waals surface area contributed by atoms with Crippen molar-refractivity contribution in [3.63, 3.8) is 0 Å². The van der Waals surface area contributed by atoms with Crippen LogP contribution in [0.3, 0.4) is 0 Å². The minimum atomic E-state index is -0.152. The van der Waals surface area contributed by atoms with E-state index >= 15 is 0 Å². The third-order valence-electron chi connectivity index (χ3n) is 11.4. The highest BCUT2D eigenvalue weighted by molar-refractivity contribution is 7.00. The lowest BCUT2D eigenvalue weighted by Crippen LogP contribution is -2.63. The zero-order chi connectivity index (χ0) is 31.8. The maximum absolute atomic E-state index is 9.57. The highest BCUT2D eigenvalue weighted by Gasteiger charge is 2.50. The molecule has 3 nitrogen and oxygen atoms in total. The zero-order valence-corrected chi connectivity index (χ0v) is 27.0. The monoisotopic (exact) mass is 601 g/mol. The van der Waals surface area contributed by atoms with Gasteiger partial charge in [0.15, 0.2) is 0 Å². The molecule has 0 radical (unpaired) electrons. The fourth-order valence-electron chi connectivity index (χ4n) is 9.19. The molecule has 6 aromatic carbocycles.